The summed E-state index contributed by atoms with van der Waals surface area (Å²) in [6, 6.07) is 13.0. The lowest BCUT2D eigenvalue weighted by atomic mass is 10.1. The maximum absolute atomic E-state index is 12.1. The molecule has 0 radical (unpaired) electrons. The third-order valence-corrected chi connectivity index (χ3v) is 7.70. The molecule has 1 unspecified atom stereocenters. The second-order valence-electron chi connectivity index (χ2n) is 9.45. The molecule has 1 atom stereocenters. The number of carbonyl (C=O) groups is 2. The third-order valence-electron chi connectivity index (χ3n) is 6.60. The smallest absolute Gasteiger partial charge is 0.323 e. The number of thiophene rings is 1. The van der Waals surface area contributed by atoms with Crippen LogP contribution >= 0.6 is 11.3 Å². The fraction of sp³-hybridized carbons (Fsp3) is 0.429. The van der Waals surface area contributed by atoms with Gasteiger partial charge in [0.1, 0.15) is 12.1 Å². The molecule has 5 N–H and O–H groups in total. The molecule has 0 bridgehead atoms. The maximum atomic E-state index is 12.1. The van der Waals surface area contributed by atoms with E-state index in [0.717, 1.165) is 46.9 Å². The lowest BCUT2D eigenvalue weighted by Crippen LogP contribution is -2.34. The highest BCUT2D eigenvalue weighted by Crippen LogP contribution is 2.29. The SMILES string of the molecule is COc1cc(CNCc2ccc3cc(C(=O)NO)sc3c2)ccc1OCCCC(N)C(=O)OC1CCCC1. The van der Waals surface area contributed by atoms with Crippen LogP contribution in [0.25, 0.3) is 10.1 Å². The first-order valence-corrected chi connectivity index (χ1v) is 13.7. The summed E-state index contributed by atoms with van der Waals surface area (Å²) in [4.78, 5) is 24.2. The summed E-state index contributed by atoms with van der Waals surface area (Å²) in [5, 5.41) is 13.2. The molecule has 1 fully saturated rings. The predicted octanol–water partition coefficient (Wildman–Crippen LogP) is 4.29. The van der Waals surface area contributed by atoms with Gasteiger partial charge in [-0.05, 0) is 79.3 Å². The van der Waals surface area contributed by atoms with Crippen molar-refractivity contribution in [2.75, 3.05) is 13.7 Å². The minimum absolute atomic E-state index is 0.0297. The molecule has 1 heterocycles. The molecular weight excluding hydrogens is 506 g/mol. The molecule has 0 saturated heterocycles. The summed E-state index contributed by atoms with van der Waals surface area (Å²) in [5.41, 5.74) is 9.81. The first-order valence-electron chi connectivity index (χ1n) is 12.9. The Labute approximate surface area is 226 Å². The van der Waals surface area contributed by atoms with E-state index in [-0.39, 0.29) is 12.1 Å². The Kier molecular flexibility index (Phi) is 9.94. The Morgan fingerprint density at radius 1 is 1.08 bits per heavy atom. The van der Waals surface area contributed by atoms with Crippen molar-refractivity contribution in [1.82, 2.24) is 10.8 Å². The normalized spacial score (nSPS) is 14.4. The highest BCUT2D eigenvalue weighted by molar-refractivity contribution is 7.20. The number of nitrogens with two attached hydrogens (primary N) is 1. The predicted molar refractivity (Wildman–Crippen MR) is 146 cm³/mol. The summed E-state index contributed by atoms with van der Waals surface area (Å²) < 4.78 is 17.9. The molecule has 10 heteroatoms. The van der Waals surface area contributed by atoms with E-state index in [9.17, 15) is 9.59 Å². The van der Waals surface area contributed by atoms with Gasteiger partial charge in [-0.3, -0.25) is 14.8 Å². The van der Waals surface area contributed by atoms with Gasteiger partial charge in [-0.2, -0.15) is 0 Å². The highest BCUT2D eigenvalue weighted by atomic mass is 32.1. The monoisotopic (exact) mass is 541 g/mol. The topological polar surface area (TPSA) is 132 Å². The highest BCUT2D eigenvalue weighted by Gasteiger charge is 2.23. The Morgan fingerprint density at radius 3 is 2.55 bits per heavy atom. The van der Waals surface area contributed by atoms with Gasteiger partial charge >= 0.3 is 5.97 Å². The zero-order chi connectivity index (χ0) is 26.9. The first-order chi connectivity index (χ1) is 18.5. The van der Waals surface area contributed by atoms with Crippen LogP contribution in [0.15, 0.2) is 42.5 Å². The van der Waals surface area contributed by atoms with Crippen LogP contribution in [0.5, 0.6) is 11.5 Å². The number of benzene rings is 2. The van der Waals surface area contributed by atoms with Gasteiger partial charge in [-0.15, -0.1) is 11.3 Å². The average molecular weight is 542 g/mol. The number of hydrogen-bond donors (Lipinski definition) is 4. The molecular formula is C28H35N3O6S. The summed E-state index contributed by atoms with van der Waals surface area (Å²) in [6.07, 6.45) is 5.26. The Hall–Kier alpha value is -3.18. The van der Waals surface area contributed by atoms with Crippen molar-refractivity contribution >= 4 is 33.3 Å². The van der Waals surface area contributed by atoms with Crippen molar-refractivity contribution in [3.05, 3.63) is 58.5 Å². The quantitative estimate of drug-likeness (QED) is 0.109. The van der Waals surface area contributed by atoms with Crippen LogP contribution in [0.4, 0.5) is 0 Å². The van der Waals surface area contributed by atoms with Gasteiger partial charge in [0.25, 0.3) is 5.91 Å². The Balaban J connectivity index is 1.22. The van der Waals surface area contributed by atoms with Crippen LogP contribution in [-0.4, -0.2) is 42.9 Å². The molecule has 38 heavy (non-hydrogen) atoms. The minimum atomic E-state index is -0.628. The van der Waals surface area contributed by atoms with E-state index in [1.165, 1.54) is 11.3 Å². The molecule has 1 aromatic heterocycles. The number of fused-ring (bicyclic) bond motifs is 1. The second-order valence-corrected chi connectivity index (χ2v) is 10.5. The fourth-order valence-electron chi connectivity index (χ4n) is 4.51. The van der Waals surface area contributed by atoms with Gasteiger partial charge in [-0.1, -0.05) is 18.2 Å². The number of rotatable bonds is 13. The number of esters is 1. The van der Waals surface area contributed by atoms with Crippen LogP contribution < -0.4 is 26.0 Å². The molecule has 1 saturated carbocycles. The molecule has 1 aliphatic rings. The van der Waals surface area contributed by atoms with Crippen molar-refractivity contribution in [2.45, 2.75) is 63.8 Å². The van der Waals surface area contributed by atoms with Crippen LogP contribution in [0.2, 0.25) is 0 Å². The van der Waals surface area contributed by atoms with Crippen LogP contribution in [-0.2, 0) is 22.6 Å². The van der Waals surface area contributed by atoms with E-state index in [0.29, 0.717) is 48.9 Å². The number of ether oxygens (including phenoxy) is 3. The summed E-state index contributed by atoms with van der Waals surface area (Å²) in [5.74, 6) is 0.462. The van der Waals surface area contributed by atoms with E-state index < -0.39 is 11.9 Å². The summed E-state index contributed by atoms with van der Waals surface area (Å²) in [7, 11) is 1.61. The number of hydroxylamine groups is 1. The first kappa shape index (κ1) is 27.8. The van der Waals surface area contributed by atoms with Gasteiger partial charge in [0.05, 0.1) is 18.6 Å². The van der Waals surface area contributed by atoms with Crippen molar-refractivity contribution in [2.24, 2.45) is 5.73 Å². The molecule has 3 aromatic rings. The molecule has 0 aliphatic heterocycles. The second kappa shape index (κ2) is 13.6. The molecule has 204 valence electrons. The van der Waals surface area contributed by atoms with Gasteiger partial charge < -0.3 is 25.3 Å². The van der Waals surface area contributed by atoms with Gasteiger partial charge in [0.2, 0.25) is 0 Å². The number of carbonyl (C=O) groups excluding carboxylic acids is 2. The molecule has 2 aromatic carbocycles. The number of hydrogen-bond acceptors (Lipinski definition) is 9. The molecule has 4 rings (SSSR count). The maximum Gasteiger partial charge on any atom is 0.323 e. The summed E-state index contributed by atoms with van der Waals surface area (Å²) >= 11 is 1.34. The van der Waals surface area contributed by atoms with Crippen molar-refractivity contribution in [3.8, 4) is 11.5 Å². The van der Waals surface area contributed by atoms with E-state index in [4.69, 9.17) is 25.2 Å². The van der Waals surface area contributed by atoms with E-state index in [1.54, 1.807) is 18.7 Å². The summed E-state index contributed by atoms with van der Waals surface area (Å²) in [6.45, 7) is 1.71. The Morgan fingerprint density at radius 2 is 1.82 bits per heavy atom. The molecule has 1 amide bonds. The van der Waals surface area contributed by atoms with Crippen molar-refractivity contribution in [3.63, 3.8) is 0 Å². The van der Waals surface area contributed by atoms with Gasteiger partial charge in [0, 0.05) is 17.8 Å². The number of methoxy groups -OCH3 is 1. The van der Waals surface area contributed by atoms with Gasteiger partial charge in [0.15, 0.2) is 11.5 Å². The van der Waals surface area contributed by atoms with E-state index >= 15 is 0 Å². The standard InChI is InChI=1S/C28H35N3O6S/c1-35-24-13-18(16-30-17-19-8-10-20-15-26(27(32)31-34)38-25(20)14-19)9-11-23(24)36-12-4-7-22(29)28(33)37-21-5-2-3-6-21/h8-11,13-15,21-22,30,34H,2-7,12,16-17,29H2,1H3,(H,31,32). The fourth-order valence-corrected chi connectivity index (χ4v) is 5.52. The van der Waals surface area contributed by atoms with E-state index in [2.05, 4.69) is 5.32 Å². The lowest BCUT2D eigenvalue weighted by molar-refractivity contribution is -0.150. The largest absolute Gasteiger partial charge is 0.493 e. The average Bonchev–Trinajstić information content (AvgIpc) is 3.60. The number of nitrogens with one attached hydrogen (secondary N) is 2. The van der Waals surface area contributed by atoms with Crippen molar-refractivity contribution in [1.29, 1.82) is 0 Å². The number of amides is 1. The van der Waals surface area contributed by atoms with Crippen LogP contribution in [0.1, 0.15) is 59.3 Å². The van der Waals surface area contributed by atoms with Gasteiger partial charge in [-0.25, -0.2) is 5.48 Å². The van der Waals surface area contributed by atoms with Crippen LogP contribution in [0, 0.1) is 0 Å². The zero-order valence-corrected chi connectivity index (χ0v) is 22.4. The Bertz CT molecular complexity index is 1240. The minimum Gasteiger partial charge on any atom is -0.493 e. The lowest BCUT2D eigenvalue weighted by Gasteiger charge is -2.16. The molecule has 9 nitrogen and oxygen atoms in total. The van der Waals surface area contributed by atoms with Crippen molar-refractivity contribution < 1.29 is 29.0 Å². The van der Waals surface area contributed by atoms with E-state index in [1.807, 2.05) is 36.4 Å². The van der Waals surface area contributed by atoms with Crippen LogP contribution in [0.3, 0.4) is 0 Å². The molecule has 0 spiro atoms. The molecule has 1 aliphatic carbocycles. The third kappa shape index (κ3) is 7.44. The zero-order valence-electron chi connectivity index (χ0n) is 21.5.